The summed E-state index contributed by atoms with van der Waals surface area (Å²) >= 11 is 0. The molecule has 0 fully saturated rings. The average Bonchev–Trinajstić information content (AvgIpc) is 2.17. The molecule has 0 rings (SSSR count). The third-order valence-corrected chi connectivity index (χ3v) is 2.13. The molecule has 0 atom stereocenters. The van der Waals surface area contributed by atoms with Crippen molar-refractivity contribution in [3.05, 3.63) is 12.7 Å². The molecule has 2 heteroatoms. The van der Waals surface area contributed by atoms with E-state index in [0.717, 1.165) is 26.2 Å². The standard InChI is InChI=1S/C11H23NO/c1-4-7-9-13-10-8-12-11(5-2)6-3/h4,11-12H,1,5-10H2,2-3H3. The fourth-order valence-electron chi connectivity index (χ4n) is 1.18. The van der Waals surface area contributed by atoms with Crippen LogP contribution in [-0.4, -0.2) is 25.8 Å². The molecule has 0 unspecified atom stereocenters. The molecular weight excluding hydrogens is 162 g/mol. The number of hydrogen-bond acceptors (Lipinski definition) is 2. The van der Waals surface area contributed by atoms with Crippen LogP contribution in [0.1, 0.15) is 33.1 Å². The summed E-state index contributed by atoms with van der Waals surface area (Å²) < 4.78 is 5.38. The highest BCUT2D eigenvalue weighted by molar-refractivity contribution is 4.65. The molecule has 0 bridgehead atoms. The first-order valence-electron chi connectivity index (χ1n) is 5.27. The largest absolute Gasteiger partial charge is 0.380 e. The fourth-order valence-corrected chi connectivity index (χ4v) is 1.18. The Morgan fingerprint density at radius 1 is 1.31 bits per heavy atom. The molecule has 0 aliphatic carbocycles. The topological polar surface area (TPSA) is 21.3 Å². The van der Waals surface area contributed by atoms with Crippen molar-refractivity contribution < 1.29 is 4.74 Å². The monoisotopic (exact) mass is 185 g/mol. The molecule has 0 saturated carbocycles. The van der Waals surface area contributed by atoms with E-state index in [-0.39, 0.29) is 0 Å². The number of hydrogen-bond donors (Lipinski definition) is 1. The van der Waals surface area contributed by atoms with E-state index in [4.69, 9.17) is 4.74 Å². The molecule has 0 saturated heterocycles. The van der Waals surface area contributed by atoms with Crippen LogP contribution in [-0.2, 0) is 4.74 Å². The van der Waals surface area contributed by atoms with Gasteiger partial charge in [-0.05, 0) is 19.3 Å². The third-order valence-electron chi connectivity index (χ3n) is 2.13. The Bertz CT molecular complexity index is 111. The first-order valence-corrected chi connectivity index (χ1v) is 5.27. The number of rotatable bonds is 9. The fraction of sp³-hybridized carbons (Fsp3) is 0.818. The Kier molecular flexibility index (Phi) is 9.49. The summed E-state index contributed by atoms with van der Waals surface area (Å²) in [6.07, 6.45) is 5.23. The van der Waals surface area contributed by atoms with E-state index < -0.39 is 0 Å². The summed E-state index contributed by atoms with van der Waals surface area (Å²) in [5.74, 6) is 0. The van der Waals surface area contributed by atoms with Crippen molar-refractivity contribution >= 4 is 0 Å². The summed E-state index contributed by atoms with van der Waals surface area (Å²) in [6.45, 7) is 10.6. The summed E-state index contributed by atoms with van der Waals surface area (Å²) in [5.41, 5.74) is 0. The molecule has 0 aliphatic rings. The molecule has 0 spiro atoms. The van der Waals surface area contributed by atoms with Gasteiger partial charge in [-0.1, -0.05) is 19.9 Å². The second kappa shape index (κ2) is 9.75. The zero-order valence-electron chi connectivity index (χ0n) is 9.01. The minimum Gasteiger partial charge on any atom is -0.380 e. The van der Waals surface area contributed by atoms with Crippen LogP contribution in [0.25, 0.3) is 0 Å². The zero-order chi connectivity index (χ0) is 9.94. The lowest BCUT2D eigenvalue weighted by Crippen LogP contribution is -2.30. The third kappa shape index (κ3) is 8.00. The molecule has 2 nitrogen and oxygen atoms in total. The van der Waals surface area contributed by atoms with Crippen LogP contribution in [0.2, 0.25) is 0 Å². The van der Waals surface area contributed by atoms with E-state index in [1.807, 2.05) is 6.08 Å². The van der Waals surface area contributed by atoms with E-state index in [2.05, 4.69) is 25.7 Å². The van der Waals surface area contributed by atoms with Crippen LogP contribution < -0.4 is 5.32 Å². The van der Waals surface area contributed by atoms with Gasteiger partial charge < -0.3 is 10.1 Å². The highest BCUT2D eigenvalue weighted by atomic mass is 16.5. The van der Waals surface area contributed by atoms with Gasteiger partial charge in [-0.2, -0.15) is 0 Å². The van der Waals surface area contributed by atoms with Crippen molar-refractivity contribution in [1.82, 2.24) is 5.32 Å². The van der Waals surface area contributed by atoms with Gasteiger partial charge in [0, 0.05) is 12.6 Å². The molecule has 0 heterocycles. The summed E-state index contributed by atoms with van der Waals surface area (Å²) in [5, 5.41) is 3.45. The van der Waals surface area contributed by atoms with Gasteiger partial charge in [-0.25, -0.2) is 0 Å². The smallest absolute Gasteiger partial charge is 0.0591 e. The Balaban J connectivity index is 3.09. The molecule has 0 aromatic heterocycles. The molecule has 0 amide bonds. The maximum Gasteiger partial charge on any atom is 0.0591 e. The average molecular weight is 185 g/mol. The van der Waals surface area contributed by atoms with Crippen LogP contribution in [0.3, 0.4) is 0 Å². The quantitative estimate of drug-likeness (QED) is 0.440. The van der Waals surface area contributed by atoms with E-state index in [1.54, 1.807) is 0 Å². The van der Waals surface area contributed by atoms with Gasteiger partial charge in [-0.15, -0.1) is 6.58 Å². The molecule has 78 valence electrons. The van der Waals surface area contributed by atoms with Crippen molar-refractivity contribution in [2.24, 2.45) is 0 Å². The number of ether oxygens (including phenoxy) is 1. The van der Waals surface area contributed by atoms with E-state index in [0.29, 0.717) is 6.04 Å². The van der Waals surface area contributed by atoms with E-state index in [9.17, 15) is 0 Å². The maximum atomic E-state index is 5.38. The highest BCUT2D eigenvalue weighted by Crippen LogP contribution is 1.94. The van der Waals surface area contributed by atoms with Crippen molar-refractivity contribution in [1.29, 1.82) is 0 Å². The van der Waals surface area contributed by atoms with Gasteiger partial charge in [0.15, 0.2) is 0 Å². The van der Waals surface area contributed by atoms with Gasteiger partial charge in [0.1, 0.15) is 0 Å². The van der Waals surface area contributed by atoms with Gasteiger partial charge >= 0.3 is 0 Å². The lowest BCUT2D eigenvalue weighted by atomic mass is 10.2. The summed E-state index contributed by atoms with van der Waals surface area (Å²) in [4.78, 5) is 0. The van der Waals surface area contributed by atoms with Crippen molar-refractivity contribution in [2.75, 3.05) is 19.8 Å². The first-order chi connectivity index (χ1) is 6.35. The lowest BCUT2D eigenvalue weighted by molar-refractivity contribution is 0.138. The summed E-state index contributed by atoms with van der Waals surface area (Å²) in [6, 6.07) is 0.656. The first kappa shape index (κ1) is 12.7. The van der Waals surface area contributed by atoms with Crippen LogP contribution in [0, 0.1) is 0 Å². The van der Waals surface area contributed by atoms with Gasteiger partial charge in [-0.3, -0.25) is 0 Å². The Labute approximate surface area is 82.4 Å². The molecule has 0 radical (unpaired) electrons. The maximum absolute atomic E-state index is 5.38. The molecule has 0 aromatic carbocycles. The van der Waals surface area contributed by atoms with Crippen molar-refractivity contribution in [2.45, 2.75) is 39.2 Å². The molecular formula is C11H23NO. The molecule has 1 N–H and O–H groups in total. The number of nitrogens with one attached hydrogen (secondary N) is 1. The Morgan fingerprint density at radius 3 is 2.54 bits per heavy atom. The minimum atomic E-state index is 0.656. The predicted octanol–water partition coefficient (Wildman–Crippen LogP) is 2.36. The summed E-state index contributed by atoms with van der Waals surface area (Å²) in [7, 11) is 0. The Hall–Kier alpha value is -0.340. The van der Waals surface area contributed by atoms with Crippen molar-refractivity contribution in [3.8, 4) is 0 Å². The molecule has 0 aliphatic heterocycles. The van der Waals surface area contributed by atoms with E-state index >= 15 is 0 Å². The Morgan fingerprint density at radius 2 is 2.00 bits per heavy atom. The second-order valence-corrected chi connectivity index (χ2v) is 3.16. The van der Waals surface area contributed by atoms with Gasteiger partial charge in [0.2, 0.25) is 0 Å². The minimum absolute atomic E-state index is 0.656. The van der Waals surface area contributed by atoms with Crippen molar-refractivity contribution in [3.63, 3.8) is 0 Å². The predicted molar refractivity (Wildman–Crippen MR) is 58.0 cm³/mol. The van der Waals surface area contributed by atoms with Gasteiger partial charge in [0.25, 0.3) is 0 Å². The second-order valence-electron chi connectivity index (χ2n) is 3.16. The lowest BCUT2D eigenvalue weighted by Gasteiger charge is -2.14. The van der Waals surface area contributed by atoms with Crippen LogP contribution in [0.5, 0.6) is 0 Å². The normalized spacial score (nSPS) is 10.7. The molecule has 0 aromatic rings. The highest BCUT2D eigenvalue weighted by Gasteiger charge is 1.99. The van der Waals surface area contributed by atoms with E-state index in [1.165, 1.54) is 12.8 Å². The molecule has 13 heavy (non-hydrogen) atoms. The van der Waals surface area contributed by atoms with Crippen LogP contribution in [0.15, 0.2) is 12.7 Å². The zero-order valence-corrected chi connectivity index (χ0v) is 9.01. The SMILES string of the molecule is C=CCCOCCNC(CC)CC. The van der Waals surface area contributed by atoms with Crippen LogP contribution in [0.4, 0.5) is 0 Å². The van der Waals surface area contributed by atoms with Gasteiger partial charge in [0.05, 0.1) is 13.2 Å². The van der Waals surface area contributed by atoms with Crippen LogP contribution >= 0.6 is 0 Å².